The van der Waals surface area contributed by atoms with E-state index in [1.165, 1.54) is 0 Å². The molecule has 1 aromatic rings. The van der Waals surface area contributed by atoms with Crippen molar-refractivity contribution in [1.82, 2.24) is 5.32 Å². The molecule has 1 aliphatic heterocycles. The van der Waals surface area contributed by atoms with Crippen molar-refractivity contribution in [3.8, 4) is 5.75 Å². The number of rotatable bonds is 4. The van der Waals surface area contributed by atoms with E-state index in [0.717, 1.165) is 28.6 Å². The minimum absolute atomic E-state index is 0.0345. The first-order valence-electron chi connectivity index (χ1n) is 6.06. The molecule has 1 aliphatic rings. The second-order valence-corrected chi connectivity index (χ2v) is 5.20. The monoisotopic (exact) mass is 266 g/mol. The first-order chi connectivity index (χ1) is 8.70. The molecule has 1 atom stereocenters. The van der Waals surface area contributed by atoms with Gasteiger partial charge in [-0.1, -0.05) is 0 Å². The molecule has 0 spiro atoms. The van der Waals surface area contributed by atoms with Gasteiger partial charge < -0.3 is 10.1 Å². The van der Waals surface area contributed by atoms with Crippen molar-refractivity contribution in [2.24, 2.45) is 0 Å². The van der Waals surface area contributed by atoms with Gasteiger partial charge in [0.2, 0.25) is 5.91 Å². The molecule has 1 heterocycles. The third-order valence-corrected chi connectivity index (χ3v) is 3.74. The standard InChI is InChI=1S/C13H18N2O2S/c1-3-17-10-4-5-11(9(2)6-10)15-13(16)12-7-18-8-14-12/h4-6,12,14H,3,7-8H2,1-2H3,(H,15,16)/t12-/m1/s1. The predicted molar refractivity (Wildman–Crippen MR) is 75.2 cm³/mol. The Morgan fingerprint density at radius 2 is 2.44 bits per heavy atom. The van der Waals surface area contributed by atoms with E-state index in [-0.39, 0.29) is 11.9 Å². The molecule has 0 bridgehead atoms. The molecule has 4 nitrogen and oxygen atoms in total. The van der Waals surface area contributed by atoms with Crippen LogP contribution in [0.2, 0.25) is 0 Å². The van der Waals surface area contributed by atoms with E-state index >= 15 is 0 Å². The molecule has 1 fully saturated rings. The molecule has 0 saturated carbocycles. The Hall–Kier alpha value is -1.20. The van der Waals surface area contributed by atoms with Crippen molar-refractivity contribution in [2.75, 3.05) is 23.6 Å². The number of ether oxygens (including phenoxy) is 1. The maximum absolute atomic E-state index is 12.0. The lowest BCUT2D eigenvalue weighted by molar-refractivity contribution is -0.117. The van der Waals surface area contributed by atoms with Gasteiger partial charge in [0, 0.05) is 17.3 Å². The van der Waals surface area contributed by atoms with Crippen LogP contribution >= 0.6 is 11.8 Å². The Labute approximate surface area is 111 Å². The Morgan fingerprint density at radius 3 is 3.06 bits per heavy atom. The van der Waals surface area contributed by atoms with Gasteiger partial charge in [0.25, 0.3) is 0 Å². The minimum atomic E-state index is -0.0824. The van der Waals surface area contributed by atoms with Crippen LogP contribution in [-0.4, -0.2) is 30.2 Å². The summed E-state index contributed by atoms with van der Waals surface area (Å²) in [5.41, 5.74) is 1.86. The molecular formula is C13H18N2O2S. The summed E-state index contributed by atoms with van der Waals surface area (Å²) in [6.45, 7) is 4.57. The van der Waals surface area contributed by atoms with Crippen molar-refractivity contribution < 1.29 is 9.53 Å². The summed E-state index contributed by atoms with van der Waals surface area (Å²) in [6, 6.07) is 5.63. The largest absolute Gasteiger partial charge is 0.494 e. The van der Waals surface area contributed by atoms with E-state index in [1.54, 1.807) is 11.8 Å². The molecule has 5 heteroatoms. The summed E-state index contributed by atoms with van der Waals surface area (Å²) < 4.78 is 5.42. The summed E-state index contributed by atoms with van der Waals surface area (Å²) >= 11 is 1.74. The topological polar surface area (TPSA) is 50.4 Å². The average molecular weight is 266 g/mol. The van der Waals surface area contributed by atoms with Crippen LogP contribution in [0.4, 0.5) is 5.69 Å². The van der Waals surface area contributed by atoms with Crippen LogP contribution in [0.5, 0.6) is 5.75 Å². The normalized spacial score (nSPS) is 18.7. The predicted octanol–water partition coefficient (Wildman–Crippen LogP) is 1.99. The van der Waals surface area contributed by atoms with Crippen LogP contribution in [0.1, 0.15) is 12.5 Å². The number of benzene rings is 1. The SMILES string of the molecule is CCOc1ccc(NC(=O)[C@H]2CSCN2)c(C)c1. The van der Waals surface area contributed by atoms with E-state index in [9.17, 15) is 4.79 Å². The zero-order chi connectivity index (χ0) is 13.0. The second-order valence-electron chi connectivity index (χ2n) is 4.17. The third kappa shape index (κ3) is 3.17. The number of anilines is 1. The number of amides is 1. The van der Waals surface area contributed by atoms with E-state index in [0.29, 0.717) is 6.61 Å². The number of thioether (sulfide) groups is 1. The van der Waals surface area contributed by atoms with Crippen LogP contribution in [0.15, 0.2) is 18.2 Å². The van der Waals surface area contributed by atoms with Gasteiger partial charge in [-0.25, -0.2) is 0 Å². The van der Waals surface area contributed by atoms with Gasteiger partial charge >= 0.3 is 0 Å². The lowest BCUT2D eigenvalue weighted by Gasteiger charge is -2.13. The van der Waals surface area contributed by atoms with E-state index in [4.69, 9.17) is 4.74 Å². The number of hydrogen-bond donors (Lipinski definition) is 2. The Morgan fingerprint density at radius 1 is 1.61 bits per heavy atom. The molecule has 2 rings (SSSR count). The highest BCUT2D eigenvalue weighted by molar-refractivity contribution is 7.99. The molecule has 18 heavy (non-hydrogen) atoms. The van der Waals surface area contributed by atoms with Crippen LogP contribution < -0.4 is 15.4 Å². The Kier molecular flexibility index (Phi) is 4.49. The van der Waals surface area contributed by atoms with E-state index in [1.807, 2.05) is 32.0 Å². The zero-order valence-electron chi connectivity index (χ0n) is 10.7. The van der Waals surface area contributed by atoms with Gasteiger partial charge in [-0.2, -0.15) is 0 Å². The first kappa shape index (κ1) is 13.2. The van der Waals surface area contributed by atoms with Crippen LogP contribution in [0, 0.1) is 6.92 Å². The highest BCUT2D eigenvalue weighted by Gasteiger charge is 2.22. The molecule has 98 valence electrons. The van der Waals surface area contributed by atoms with Crippen molar-refractivity contribution in [3.63, 3.8) is 0 Å². The number of carbonyl (C=O) groups is 1. The molecule has 0 unspecified atom stereocenters. The van der Waals surface area contributed by atoms with Gasteiger partial charge in [0.15, 0.2) is 0 Å². The molecule has 0 radical (unpaired) electrons. The lowest BCUT2D eigenvalue weighted by atomic mass is 10.2. The van der Waals surface area contributed by atoms with Gasteiger partial charge in [0.1, 0.15) is 5.75 Å². The molecule has 0 aromatic heterocycles. The van der Waals surface area contributed by atoms with Crippen molar-refractivity contribution in [3.05, 3.63) is 23.8 Å². The molecule has 1 amide bonds. The highest BCUT2D eigenvalue weighted by Crippen LogP contribution is 2.22. The van der Waals surface area contributed by atoms with E-state index in [2.05, 4.69) is 10.6 Å². The minimum Gasteiger partial charge on any atom is -0.494 e. The first-order valence-corrected chi connectivity index (χ1v) is 7.21. The van der Waals surface area contributed by atoms with Gasteiger partial charge in [-0.15, -0.1) is 11.8 Å². The summed E-state index contributed by atoms with van der Waals surface area (Å²) in [5, 5.41) is 6.11. The fourth-order valence-electron chi connectivity index (χ4n) is 1.82. The van der Waals surface area contributed by atoms with Crippen molar-refractivity contribution >= 4 is 23.4 Å². The maximum atomic E-state index is 12.0. The molecular weight excluding hydrogens is 248 g/mol. The molecule has 2 N–H and O–H groups in total. The van der Waals surface area contributed by atoms with Crippen LogP contribution in [0.3, 0.4) is 0 Å². The summed E-state index contributed by atoms with van der Waals surface area (Å²) in [5.74, 6) is 2.55. The van der Waals surface area contributed by atoms with Crippen LogP contribution in [0.25, 0.3) is 0 Å². The third-order valence-electron chi connectivity index (χ3n) is 2.80. The number of nitrogens with one attached hydrogen (secondary N) is 2. The summed E-state index contributed by atoms with van der Waals surface area (Å²) in [7, 11) is 0. The summed E-state index contributed by atoms with van der Waals surface area (Å²) in [4.78, 5) is 12.0. The number of hydrogen-bond acceptors (Lipinski definition) is 4. The van der Waals surface area contributed by atoms with Gasteiger partial charge in [-0.3, -0.25) is 10.1 Å². The van der Waals surface area contributed by atoms with E-state index < -0.39 is 0 Å². The molecule has 1 saturated heterocycles. The quantitative estimate of drug-likeness (QED) is 0.875. The highest BCUT2D eigenvalue weighted by atomic mass is 32.2. The molecule has 0 aliphatic carbocycles. The maximum Gasteiger partial charge on any atom is 0.242 e. The van der Waals surface area contributed by atoms with Gasteiger partial charge in [-0.05, 0) is 37.6 Å². The second kappa shape index (κ2) is 6.11. The summed E-state index contributed by atoms with van der Waals surface area (Å²) in [6.07, 6.45) is 0. The fraction of sp³-hybridized carbons (Fsp3) is 0.462. The van der Waals surface area contributed by atoms with Gasteiger partial charge in [0.05, 0.1) is 12.6 Å². The smallest absolute Gasteiger partial charge is 0.242 e. The lowest BCUT2D eigenvalue weighted by Crippen LogP contribution is -2.37. The Balaban J connectivity index is 2.02. The van der Waals surface area contributed by atoms with Crippen molar-refractivity contribution in [2.45, 2.75) is 19.9 Å². The number of aryl methyl sites for hydroxylation is 1. The molecule has 1 aromatic carbocycles. The van der Waals surface area contributed by atoms with Crippen molar-refractivity contribution in [1.29, 1.82) is 0 Å². The fourth-order valence-corrected chi connectivity index (χ4v) is 2.76. The van der Waals surface area contributed by atoms with Crippen LogP contribution in [-0.2, 0) is 4.79 Å². The Bertz CT molecular complexity index is 431. The zero-order valence-corrected chi connectivity index (χ0v) is 11.5. The average Bonchev–Trinajstić information content (AvgIpc) is 2.86. The number of carbonyl (C=O) groups excluding carboxylic acids is 1.